The van der Waals surface area contributed by atoms with Gasteiger partial charge in [0.05, 0.1) is 22.8 Å². The Hall–Kier alpha value is -2.34. The minimum Gasteiger partial charge on any atom is -0.481 e. The number of hydrogen-bond acceptors (Lipinski definition) is 4. The van der Waals surface area contributed by atoms with Crippen molar-refractivity contribution in [2.45, 2.75) is 103 Å². The standard InChI is InChI=1S/C29H39ClN2O4/c1-4-17(5-2)11-19-12-22(13-19)29-27(20-8-9-20)28(32-36-29)21(16-26(34)35)15-25(33)31-24-10-7-18(6-3)14-23(24)30/h7,10,14,17,19-22H,4-6,8-9,11-13,15-16H2,1-3H3,(H,31,33)(H,34,35). The topological polar surface area (TPSA) is 92.4 Å². The van der Waals surface area contributed by atoms with Gasteiger partial charge in [0.1, 0.15) is 5.76 Å². The maximum absolute atomic E-state index is 13.0. The summed E-state index contributed by atoms with van der Waals surface area (Å²) in [6.07, 6.45) is 8.79. The first-order chi connectivity index (χ1) is 17.3. The number of nitrogens with zero attached hydrogens (tertiary/aromatic N) is 1. The smallest absolute Gasteiger partial charge is 0.304 e. The third kappa shape index (κ3) is 6.31. The van der Waals surface area contributed by atoms with Gasteiger partial charge in [0.25, 0.3) is 0 Å². The number of rotatable bonds is 13. The molecule has 2 aliphatic carbocycles. The normalized spacial score (nSPS) is 20.2. The molecule has 2 N–H and O–H groups in total. The van der Waals surface area contributed by atoms with Gasteiger partial charge in [-0.1, -0.05) is 56.4 Å². The number of carboxylic acids is 1. The first kappa shape index (κ1) is 26.7. The number of anilines is 1. The van der Waals surface area contributed by atoms with E-state index in [0.29, 0.717) is 28.2 Å². The molecule has 0 radical (unpaired) electrons. The van der Waals surface area contributed by atoms with Crippen molar-refractivity contribution in [2.24, 2.45) is 11.8 Å². The lowest BCUT2D eigenvalue weighted by Gasteiger charge is -2.36. The fourth-order valence-electron chi connectivity index (χ4n) is 5.71. The Kier molecular flexibility index (Phi) is 8.76. The molecule has 0 aliphatic heterocycles. The van der Waals surface area contributed by atoms with Crippen molar-refractivity contribution < 1.29 is 19.2 Å². The lowest BCUT2D eigenvalue weighted by Crippen LogP contribution is -2.24. The molecule has 1 aromatic carbocycles. The Bertz CT molecular complexity index is 1070. The van der Waals surface area contributed by atoms with E-state index in [-0.39, 0.29) is 18.7 Å². The molecule has 36 heavy (non-hydrogen) atoms. The highest BCUT2D eigenvalue weighted by Crippen LogP contribution is 2.53. The van der Waals surface area contributed by atoms with Crippen LogP contribution >= 0.6 is 11.6 Å². The molecule has 0 spiro atoms. The minimum atomic E-state index is -0.946. The maximum Gasteiger partial charge on any atom is 0.304 e. The zero-order valence-corrected chi connectivity index (χ0v) is 22.4. The summed E-state index contributed by atoms with van der Waals surface area (Å²) in [5, 5.41) is 17.4. The predicted octanol–water partition coefficient (Wildman–Crippen LogP) is 7.67. The maximum atomic E-state index is 13.0. The number of carbonyl (C=O) groups excluding carboxylic acids is 1. The number of carboxylic acid groups (broad SMARTS) is 1. The minimum absolute atomic E-state index is 0.0197. The van der Waals surface area contributed by atoms with E-state index >= 15 is 0 Å². The molecule has 196 valence electrons. The van der Waals surface area contributed by atoms with E-state index in [1.807, 2.05) is 19.1 Å². The van der Waals surface area contributed by atoms with Crippen molar-refractivity contribution in [1.82, 2.24) is 5.16 Å². The number of aryl methyl sites for hydroxylation is 1. The Balaban J connectivity index is 1.48. The van der Waals surface area contributed by atoms with E-state index < -0.39 is 11.9 Å². The summed E-state index contributed by atoms with van der Waals surface area (Å²) in [6.45, 7) is 6.58. The van der Waals surface area contributed by atoms with Crippen LogP contribution < -0.4 is 5.32 Å². The summed E-state index contributed by atoms with van der Waals surface area (Å²) in [6, 6.07) is 5.57. The summed E-state index contributed by atoms with van der Waals surface area (Å²) in [5.74, 6) is 1.43. The van der Waals surface area contributed by atoms with Crippen LogP contribution in [0.5, 0.6) is 0 Å². The molecule has 1 unspecified atom stereocenters. The number of carbonyl (C=O) groups is 2. The molecular weight excluding hydrogens is 476 g/mol. The summed E-state index contributed by atoms with van der Waals surface area (Å²) < 4.78 is 5.92. The van der Waals surface area contributed by atoms with Crippen LogP contribution in [0.4, 0.5) is 5.69 Å². The van der Waals surface area contributed by atoms with Gasteiger partial charge < -0.3 is 14.9 Å². The van der Waals surface area contributed by atoms with Crippen LogP contribution in [-0.4, -0.2) is 22.1 Å². The third-order valence-corrected chi connectivity index (χ3v) is 8.47. The average molecular weight is 515 g/mol. The van der Waals surface area contributed by atoms with Gasteiger partial charge in [-0.2, -0.15) is 0 Å². The highest BCUT2D eigenvalue weighted by atomic mass is 35.5. The Labute approximate surface area is 219 Å². The van der Waals surface area contributed by atoms with Crippen LogP contribution in [0.2, 0.25) is 5.02 Å². The van der Waals surface area contributed by atoms with E-state index in [2.05, 4.69) is 24.3 Å². The molecule has 0 saturated heterocycles. The van der Waals surface area contributed by atoms with Crippen LogP contribution in [0.1, 0.15) is 119 Å². The molecule has 2 fully saturated rings. The summed E-state index contributed by atoms with van der Waals surface area (Å²) in [5.41, 5.74) is 3.38. The van der Waals surface area contributed by atoms with Gasteiger partial charge in [0.15, 0.2) is 0 Å². The number of aliphatic carboxylic acids is 1. The quantitative estimate of drug-likeness (QED) is 0.286. The Morgan fingerprint density at radius 3 is 2.44 bits per heavy atom. The van der Waals surface area contributed by atoms with Crippen LogP contribution in [0.25, 0.3) is 0 Å². The Morgan fingerprint density at radius 1 is 1.14 bits per heavy atom. The second-order valence-corrected chi connectivity index (χ2v) is 11.2. The first-order valence-corrected chi connectivity index (χ1v) is 14.0. The van der Waals surface area contributed by atoms with Crippen LogP contribution in [0.3, 0.4) is 0 Å². The lowest BCUT2D eigenvalue weighted by atomic mass is 9.68. The van der Waals surface area contributed by atoms with Crippen LogP contribution in [0.15, 0.2) is 22.7 Å². The fourth-order valence-corrected chi connectivity index (χ4v) is 5.96. The predicted molar refractivity (Wildman–Crippen MR) is 142 cm³/mol. The highest BCUT2D eigenvalue weighted by Gasteiger charge is 2.42. The summed E-state index contributed by atoms with van der Waals surface area (Å²) in [4.78, 5) is 24.7. The van der Waals surface area contributed by atoms with E-state index in [9.17, 15) is 14.7 Å². The van der Waals surface area contributed by atoms with Gasteiger partial charge >= 0.3 is 5.97 Å². The molecule has 1 atom stereocenters. The van der Waals surface area contributed by atoms with Crippen molar-refractivity contribution in [3.63, 3.8) is 0 Å². The van der Waals surface area contributed by atoms with Crippen molar-refractivity contribution >= 4 is 29.2 Å². The summed E-state index contributed by atoms with van der Waals surface area (Å²) >= 11 is 6.35. The second-order valence-electron chi connectivity index (χ2n) is 10.8. The lowest BCUT2D eigenvalue weighted by molar-refractivity contribution is -0.137. The van der Waals surface area contributed by atoms with Gasteiger partial charge in [0.2, 0.25) is 5.91 Å². The van der Waals surface area contributed by atoms with E-state index in [0.717, 1.165) is 60.8 Å². The first-order valence-electron chi connectivity index (χ1n) is 13.6. The number of hydrogen-bond donors (Lipinski definition) is 2. The highest BCUT2D eigenvalue weighted by molar-refractivity contribution is 6.33. The van der Waals surface area contributed by atoms with Gasteiger partial charge in [-0.3, -0.25) is 9.59 Å². The van der Waals surface area contributed by atoms with Crippen molar-refractivity contribution in [1.29, 1.82) is 0 Å². The number of nitrogens with one attached hydrogen (secondary N) is 1. The largest absolute Gasteiger partial charge is 0.481 e. The number of halogens is 1. The molecule has 6 nitrogen and oxygen atoms in total. The van der Waals surface area contributed by atoms with Crippen LogP contribution in [0, 0.1) is 11.8 Å². The number of benzene rings is 1. The molecule has 2 aromatic rings. The molecule has 2 aliphatic rings. The molecule has 0 bridgehead atoms. The number of aromatic nitrogens is 1. The molecular formula is C29H39ClN2O4. The summed E-state index contributed by atoms with van der Waals surface area (Å²) in [7, 11) is 0. The molecule has 4 rings (SSSR count). The van der Waals surface area contributed by atoms with E-state index in [4.69, 9.17) is 16.1 Å². The van der Waals surface area contributed by atoms with E-state index in [1.165, 1.54) is 19.3 Å². The molecule has 1 amide bonds. The van der Waals surface area contributed by atoms with Crippen molar-refractivity contribution in [2.75, 3.05) is 5.32 Å². The van der Waals surface area contributed by atoms with Gasteiger partial charge in [-0.25, -0.2) is 0 Å². The molecule has 1 heterocycles. The zero-order valence-electron chi connectivity index (χ0n) is 21.7. The Morgan fingerprint density at radius 2 is 1.86 bits per heavy atom. The van der Waals surface area contributed by atoms with Gasteiger partial charge in [-0.15, -0.1) is 0 Å². The van der Waals surface area contributed by atoms with E-state index in [1.54, 1.807) is 6.07 Å². The van der Waals surface area contributed by atoms with Crippen molar-refractivity contribution in [3.8, 4) is 0 Å². The fraction of sp³-hybridized carbons (Fsp3) is 0.621. The van der Waals surface area contributed by atoms with Crippen LogP contribution in [-0.2, 0) is 16.0 Å². The monoisotopic (exact) mass is 514 g/mol. The SMILES string of the molecule is CCc1ccc(NC(=O)CC(CC(=O)O)c2noc(C3CC(CC(CC)CC)C3)c2C2CC2)c(Cl)c1. The molecule has 7 heteroatoms. The number of amides is 1. The zero-order chi connectivity index (χ0) is 25.8. The molecule has 2 saturated carbocycles. The third-order valence-electron chi connectivity index (χ3n) is 8.15. The van der Waals surface area contributed by atoms with Gasteiger partial charge in [0, 0.05) is 23.8 Å². The average Bonchev–Trinajstić information content (AvgIpc) is 3.57. The second kappa shape index (κ2) is 11.8. The van der Waals surface area contributed by atoms with Crippen molar-refractivity contribution in [3.05, 3.63) is 45.8 Å². The van der Waals surface area contributed by atoms with Gasteiger partial charge in [-0.05, 0) is 74.0 Å². The molecule has 1 aromatic heterocycles.